The highest BCUT2D eigenvalue weighted by Crippen LogP contribution is 2.34. The summed E-state index contributed by atoms with van der Waals surface area (Å²) in [6.07, 6.45) is 0. The topological polar surface area (TPSA) is 89.1 Å². The lowest BCUT2D eigenvalue weighted by atomic mass is 10.1. The molecule has 20 heavy (non-hydrogen) atoms. The van der Waals surface area contributed by atoms with Gasteiger partial charge in [0.1, 0.15) is 17.1 Å². The summed E-state index contributed by atoms with van der Waals surface area (Å²) in [5, 5.41) is 13.7. The molecule has 3 rings (SSSR count). The van der Waals surface area contributed by atoms with E-state index in [9.17, 15) is 14.8 Å². The van der Waals surface area contributed by atoms with Gasteiger partial charge < -0.3 is 14.3 Å². The molecule has 6 nitrogen and oxygen atoms in total. The van der Waals surface area contributed by atoms with Crippen molar-refractivity contribution < 1.29 is 14.3 Å². The van der Waals surface area contributed by atoms with Gasteiger partial charge in [0.2, 0.25) is 0 Å². The van der Waals surface area contributed by atoms with Gasteiger partial charge >= 0.3 is 5.63 Å². The van der Waals surface area contributed by atoms with Gasteiger partial charge in [-0.25, -0.2) is 4.79 Å². The predicted molar refractivity (Wildman–Crippen MR) is 73.7 cm³/mol. The Kier molecular flexibility index (Phi) is 2.64. The third-order valence-electron chi connectivity index (χ3n) is 3.10. The first-order valence-corrected chi connectivity index (χ1v) is 5.75. The van der Waals surface area contributed by atoms with E-state index in [1.807, 2.05) is 0 Å². The Balaban J connectivity index is 2.54. The molecule has 6 heteroatoms. The first kappa shape index (κ1) is 12.2. The lowest BCUT2D eigenvalue weighted by molar-refractivity contribution is 0.416. The quantitative estimate of drug-likeness (QED) is 0.439. The van der Waals surface area contributed by atoms with Gasteiger partial charge in [0.15, 0.2) is 5.69 Å². The maximum atomic E-state index is 11.9. The molecule has 0 aliphatic rings. The minimum absolute atomic E-state index is 0.00172. The van der Waals surface area contributed by atoms with E-state index in [4.69, 9.17) is 9.15 Å². The van der Waals surface area contributed by atoms with Crippen molar-refractivity contribution >= 4 is 27.4 Å². The number of hydrogen-bond acceptors (Lipinski definition) is 6. The van der Waals surface area contributed by atoms with E-state index in [1.54, 1.807) is 12.1 Å². The summed E-state index contributed by atoms with van der Waals surface area (Å²) in [5.74, 6) is 0.269. The summed E-state index contributed by atoms with van der Waals surface area (Å²) in [5.41, 5.74) is -0.313. The molecule has 0 saturated heterocycles. The lowest BCUT2D eigenvalue weighted by Crippen LogP contribution is -2.00. The average Bonchev–Trinajstić information content (AvgIpc) is 2.45. The van der Waals surface area contributed by atoms with Gasteiger partial charge in [0.05, 0.1) is 12.5 Å². The van der Waals surface area contributed by atoms with Gasteiger partial charge in [-0.05, 0) is 29.4 Å². The fourth-order valence-corrected chi connectivity index (χ4v) is 2.17. The van der Waals surface area contributed by atoms with Crippen LogP contribution in [0, 0.1) is 4.91 Å². The highest BCUT2D eigenvalue weighted by molar-refractivity contribution is 6.06. The third kappa shape index (κ3) is 1.70. The van der Waals surface area contributed by atoms with E-state index < -0.39 is 5.63 Å². The Bertz CT molecular complexity index is 897. The van der Waals surface area contributed by atoms with Crippen LogP contribution in [0.15, 0.2) is 44.7 Å². The van der Waals surface area contributed by atoms with Crippen molar-refractivity contribution in [1.82, 2.24) is 0 Å². The van der Waals surface area contributed by atoms with Crippen LogP contribution < -0.4 is 10.4 Å². The smallest absolute Gasteiger partial charge is 0.344 e. The fraction of sp³-hybridized carbons (Fsp3) is 0.0714. The van der Waals surface area contributed by atoms with Crippen LogP contribution in [-0.2, 0) is 0 Å². The minimum Gasteiger partial charge on any atom is -0.508 e. The zero-order chi connectivity index (χ0) is 14.3. The Hall–Kier alpha value is -2.89. The molecule has 0 atom stereocenters. The van der Waals surface area contributed by atoms with Gasteiger partial charge in [0, 0.05) is 16.8 Å². The Morgan fingerprint density at radius 1 is 1.15 bits per heavy atom. The molecule has 1 N–H and O–H groups in total. The SMILES string of the molecule is COc1cc2c(cc1N=O)c(=O)oc1cc(O)ccc12. The molecule has 100 valence electrons. The van der Waals surface area contributed by atoms with Crippen molar-refractivity contribution in [2.75, 3.05) is 7.11 Å². The number of methoxy groups -OCH3 is 1. The number of nitrogens with zero attached hydrogens (tertiary/aromatic N) is 1. The summed E-state index contributed by atoms with van der Waals surface area (Å²) < 4.78 is 10.2. The molecule has 0 aliphatic heterocycles. The Labute approximate surface area is 112 Å². The number of phenols is 1. The van der Waals surface area contributed by atoms with E-state index in [1.165, 1.54) is 25.3 Å². The standard InChI is InChI=1S/C14H9NO5/c1-19-13-6-9-8-3-2-7(16)4-12(8)20-14(17)10(9)5-11(13)15-18/h2-6,16H,1H3. The van der Waals surface area contributed by atoms with Crippen LogP contribution in [-0.4, -0.2) is 12.2 Å². The Morgan fingerprint density at radius 3 is 2.65 bits per heavy atom. The van der Waals surface area contributed by atoms with E-state index in [0.717, 1.165) is 0 Å². The molecule has 1 heterocycles. The molecular formula is C14H9NO5. The molecule has 1 aromatic heterocycles. The van der Waals surface area contributed by atoms with Crippen molar-refractivity contribution in [2.24, 2.45) is 5.18 Å². The molecule has 3 aromatic rings. The highest BCUT2D eigenvalue weighted by Gasteiger charge is 2.13. The molecule has 0 spiro atoms. The van der Waals surface area contributed by atoms with Crippen molar-refractivity contribution in [3.05, 3.63) is 45.7 Å². The van der Waals surface area contributed by atoms with Gasteiger partial charge in [0.25, 0.3) is 0 Å². The summed E-state index contributed by atoms with van der Waals surface area (Å²) in [4.78, 5) is 22.7. The van der Waals surface area contributed by atoms with Gasteiger partial charge in [-0.15, -0.1) is 4.91 Å². The average molecular weight is 271 g/mol. The molecule has 0 unspecified atom stereocenters. The molecular weight excluding hydrogens is 262 g/mol. The van der Waals surface area contributed by atoms with Crippen LogP contribution in [0.25, 0.3) is 21.7 Å². The molecule has 0 fully saturated rings. The number of hydrogen-bond donors (Lipinski definition) is 1. The first-order chi connectivity index (χ1) is 9.63. The predicted octanol–water partition coefficient (Wildman–Crippen LogP) is 3.06. The van der Waals surface area contributed by atoms with Crippen molar-refractivity contribution in [1.29, 1.82) is 0 Å². The summed E-state index contributed by atoms with van der Waals surface area (Å²) in [6, 6.07) is 7.36. The highest BCUT2D eigenvalue weighted by atomic mass is 16.5. The molecule has 0 bridgehead atoms. The van der Waals surface area contributed by atoms with E-state index >= 15 is 0 Å². The molecule has 0 radical (unpaired) electrons. The number of ether oxygens (including phenoxy) is 1. The summed E-state index contributed by atoms with van der Waals surface area (Å²) in [7, 11) is 1.41. The zero-order valence-electron chi connectivity index (χ0n) is 10.4. The zero-order valence-corrected chi connectivity index (χ0v) is 10.4. The molecule has 0 amide bonds. The van der Waals surface area contributed by atoms with Crippen LogP contribution in [0.2, 0.25) is 0 Å². The monoisotopic (exact) mass is 271 g/mol. The number of rotatable bonds is 2. The van der Waals surface area contributed by atoms with Crippen LogP contribution in [0.3, 0.4) is 0 Å². The van der Waals surface area contributed by atoms with E-state index in [-0.39, 0.29) is 28.2 Å². The van der Waals surface area contributed by atoms with Crippen LogP contribution in [0.5, 0.6) is 11.5 Å². The number of benzene rings is 2. The fourth-order valence-electron chi connectivity index (χ4n) is 2.17. The van der Waals surface area contributed by atoms with E-state index in [0.29, 0.717) is 10.8 Å². The van der Waals surface area contributed by atoms with Crippen LogP contribution in [0.4, 0.5) is 5.69 Å². The second-order valence-corrected chi connectivity index (χ2v) is 4.23. The van der Waals surface area contributed by atoms with Crippen LogP contribution >= 0.6 is 0 Å². The molecule has 0 saturated carbocycles. The lowest BCUT2D eigenvalue weighted by Gasteiger charge is -2.07. The number of aromatic hydroxyl groups is 1. The summed E-state index contributed by atoms with van der Waals surface area (Å²) in [6.45, 7) is 0. The van der Waals surface area contributed by atoms with Crippen LogP contribution in [0.1, 0.15) is 0 Å². The minimum atomic E-state index is -0.606. The maximum Gasteiger partial charge on any atom is 0.344 e. The van der Waals surface area contributed by atoms with Crippen molar-refractivity contribution in [3.8, 4) is 11.5 Å². The van der Waals surface area contributed by atoms with Gasteiger partial charge in [-0.2, -0.15) is 0 Å². The number of fused-ring (bicyclic) bond motifs is 3. The Morgan fingerprint density at radius 2 is 1.95 bits per heavy atom. The number of phenolic OH excluding ortho intramolecular Hbond substituents is 1. The molecule has 2 aromatic carbocycles. The third-order valence-corrected chi connectivity index (χ3v) is 3.10. The van der Waals surface area contributed by atoms with Crippen molar-refractivity contribution in [2.45, 2.75) is 0 Å². The van der Waals surface area contributed by atoms with Gasteiger partial charge in [-0.3, -0.25) is 0 Å². The molecule has 0 aliphatic carbocycles. The maximum absolute atomic E-state index is 11.9. The number of nitroso groups, excluding NO2 is 1. The normalized spacial score (nSPS) is 10.8. The first-order valence-electron chi connectivity index (χ1n) is 5.75. The van der Waals surface area contributed by atoms with Crippen molar-refractivity contribution in [3.63, 3.8) is 0 Å². The van der Waals surface area contributed by atoms with Gasteiger partial charge in [-0.1, -0.05) is 0 Å². The largest absolute Gasteiger partial charge is 0.508 e. The van der Waals surface area contributed by atoms with E-state index in [2.05, 4.69) is 5.18 Å². The second kappa shape index (κ2) is 4.34. The second-order valence-electron chi connectivity index (χ2n) is 4.23. The summed E-state index contributed by atoms with van der Waals surface area (Å²) >= 11 is 0.